The van der Waals surface area contributed by atoms with Crippen molar-refractivity contribution in [3.63, 3.8) is 0 Å². The van der Waals surface area contributed by atoms with Crippen LogP contribution in [-0.4, -0.2) is 22.0 Å². The Labute approximate surface area is 163 Å². The molecule has 1 aromatic carbocycles. The highest BCUT2D eigenvalue weighted by Crippen LogP contribution is 2.21. The summed E-state index contributed by atoms with van der Waals surface area (Å²) in [5.74, 6) is -0.703. The number of aromatic nitrogens is 2. The average molecular weight is 390 g/mol. The van der Waals surface area contributed by atoms with Gasteiger partial charge in [0, 0.05) is 18.7 Å². The largest absolute Gasteiger partial charge is 0.383 e. The summed E-state index contributed by atoms with van der Waals surface area (Å²) in [4.78, 5) is 41.4. The smallest absolute Gasteiger partial charge is 0.330 e. The van der Waals surface area contributed by atoms with Crippen LogP contribution in [0.2, 0.25) is 0 Å². The van der Waals surface area contributed by atoms with Crippen molar-refractivity contribution in [2.45, 2.75) is 46.6 Å². The first-order valence-corrected chi connectivity index (χ1v) is 9.46. The molecule has 2 rings (SSSR count). The Morgan fingerprint density at radius 2 is 1.89 bits per heavy atom. The zero-order valence-electron chi connectivity index (χ0n) is 16.5. The number of halogens is 1. The van der Waals surface area contributed by atoms with E-state index in [0.29, 0.717) is 19.4 Å². The number of hydrogen-bond acceptors (Lipinski definition) is 4. The molecule has 0 aliphatic heterocycles. The summed E-state index contributed by atoms with van der Waals surface area (Å²) in [6.45, 7) is 6.55. The fraction of sp³-hybridized carbons (Fsp3) is 0.450. The predicted octanol–water partition coefficient (Wildman–Crippen LogP) is 2.75. The third kappa shape index (κ3) is 4.88. The molecule has 0 bridgehead atoms. The molecule has 152 valence electrons. The van der Waals surface area contributed by atoms with Crippen LogP contribution in [0.15, 0.2) is 33.9 Å². The maximum atomic E-state index is 13.2. The van der Waals surface area contributed by atoms with Gasteiger partial charge in [0.15, 0.2) is 5.69 Å². The quantitative estimate of drug-likeness (QED) is 0.724. The first-order valence-electron chi connectivity index (χ1n) is 9.46. The maximum absolute atomic E-state index is 13.2. The van der Waals surface area contributed by atoms with Crippen molar-refractivity contribution in [2.75, 3.05) is 17.2 Å². The summed E-state index contributed by atoms with van der Waals surface area (Å²) in [6, 6.07) is 5.09. The zero-order chi connectivity index (χ0) is 20.8. The molecule has 1 heterocycles. The van der Waals surface area contributed by atoms with Crippen molar-refractivity contribution in [2.24, 2.45) is 5.92 Å². The molecule has 7 nitrogen and oxygen atoms in total. The molecule has 28 heavy (non-hydrogen) atoms. The second-order valence-corrected chi connectivity index (χ2v) is 7.14. The predicted molar refractivity (Wildman–Crippen MR) is 108 cm³/mol. The summed E-state index contributed by atoms with van der Waals surface area (Å²) in [5.41, 5.74) is 5.03. The first-order chi connectivity index (χ1) is 13.3. The molecule has 0 atom stereocenters. The summed E-state index contributed by atoms with van der Waals surface area (Å²) in [7, 11) is 0. The number of nitrogens with one attached hydrogen (secondary N) is 1. The topological polar surface area (TPSA) is 101 Å². The number of carbonyl (C=O) groups is 1. The van der Waals surface area contributed by atoms with E-state index in [9.17, 15) is 18.8 Å². The number of amides is 1. The van der Waals surface area contributed by atoms with Gasteiger partial charge in [-0.1, -0.05) is 27.2 Å². The van der Waals surface area contributed by atoms with E-state index in [2.05, 4.69) is 4.98 Å². The van der Waals surface area contributed by atoms with Gasteiger partial charge in [0.2, 0.25) is 0 Å². The van der Waals surface area contributed by atoms with Gasteiger partial charge >= 0.3 is 5.69 Å². The van der Waals surface area contributed by atoms with Crippen LogP contribution in [0.1, 0.15) is 50.4 Å². The number of carbonyl (C=O) groups excluding carboxylic acids is 1. The van der Waals surface area contributed by atoms with Crippen molar-refractivity contribution >= 4 is 17.4 Å². The summed E-state index contributed by atoms with van der Waals surface area (Å²) < 4.78 is 14.5. The van der Waals surface area contributed by atoms with Crippen LogP contribution in [0, 0.1) is 11.7 Å². The number of nitrogen functional groups attached to an aromatic ring is 1. The molecular formula is C20H27FN4O3. The molecule has 1 amide bonds. The van der Waals surface area contributed by atoms with E-state index in [1.807, 2.05) is 20.8 Å². The minimum atomic E-state index is -0.713. The standard InChI is InChI=1S/C20H27FN4O3/c1-4-5-11-25-17(22)16(18(26)23-20(25)28)24(12-10-13(2)3)19(27)14-6-8-15(21)9-7-14/h6-9,13H,4-5,10-12,22H2,1-3H3,(H,23,26,28). The summed E-state index contributed by atoms with van der Waals surface area (Å²) in [5, 5.41) is 0. The van der Waals surface area contributed by atoms with E-state index < -0.39 is 23.0 Å². The van der Waals surface area contributed by atoms with E-state index in [4.69, 9.17) is 5.73 Å². The van der Waals surface area contributed by atoms with Crippen molar-refractivity contribution < 1.29 is 9.18 Å². The minimum absolute atomic E-state index is 0.0404. The normalized spacial score (nSPS) is 11.0. The maximum Gasteiger partial charge on any atom is 0.330 e. The molecule has 1 aromatic heterocycles. The number of rotatable bonds is 8. The molecule has 0 aliphatic carbocycles. The highest BCUT2D eigenvalue weighted by molar-refractivity contribution is 6.07. The molecule has 0 aliphatic rings. The van der Waals surface area contributed by atoms with E-state index >= 15 is 0 Å². The lowest BCUT2D eigenvalue weighted by atomic mass is 10.1. The number of H-pyrrole nitrogens is 1. The highest BCUT2D eigenvalue weighted by Gasteiger charge is 2.25. The Hall–Kier alpha value is -2.90. The zero-order valence-corrected chi connectivity index (χ0v) is 16.5. The number of anilines is 2. The lowest BCUT2D eigenvalue weighted by molar-refractivity contribution is 0.0985. The molecule has 0 radical (unpaired) electrons. The number of hydrogen-bond donors (Lipinski definition) is 2. The molecule has 0 saturated carbocycles. The molecule has 2 aromatic rings. The van der Waals surface area contributed by atoms with Crippen molar-refractivity contribution in [3.8, 4) is 0 Å². The molecule has 3 N–H and O–H groups in total. The van der Waals surface area contributed by atoms with Crippen molar-refractivity contribution in [3.05, 3.63) is 56.5 Å². The molecule has 0 spiro atoms. The van der Waals surface area contributed by atoms with Gasteiger partial charge in [0.25, 0.3) is 11.5 Å². The Kier molecular flexibility index (Phi) is 7.14. The second kappa shape index (κ2) is 9.34. The Bertz CT molecular complexity index is 932. The minimum Gasteiger partial charge on any atom is -0.383 e. The van der Waals surface area contributed by atoms with E-state index in [0.717, 1.165) is 6.42 Å². The lowest BCUT2D eigenvalue weighted by Crippen LogP contribution is -2.42. The second-order valence-electron chi connectivity index (χ2n) is 7.14. The Morgan fingerprint density at radius 3 is 2.46 bits per heavy atom. The number of benzene rings is 1. The van der Waals surface area contributed by atoms with Crippen LogP contribution in [-0.2, 0) is 6.54 Å². The third-order valence-electron chi connectivity index (χ3n) is 4.49. The molecule has 8 heteroatoms. The van der Waals surface area contributed by atoms with Crippen molar-refractivity contribution in [1.82, 2.24) is 9.55 Å². The summed E-state index contributed by atoms with van der Waals surface area (Å²) in [6.07, 6.45) is 2.17. The van der Waals surface area contributed by atoms with Crippen LogP contribution in [0.5, 0.6) is 0 Å². The lowest BCUT2D eigenvalue weighted by Gasteiger charge is -2.25. The van der Waals surface area contributed by atoms with E-state index in [-0.39, 0.29) is 29.5 Å². The van der Waals surface area contributed by atoms with Gasteiger partial charge in [-0.15, -0.1) is 0 Å². The van der Waals surface area contributed by atoms with E-state index in [1.165, 1.54) is 33.7 Å². The average Bonchev–Trinajstić information content (AvgIpc) is 2.64. The Balaban J connectivity index is 2.56. The number of aromatic amines is 1. The first kappa shape index (κ1) is 21.4. The van der Waals surface area contributed by atoms with Crippen LogP contribution in [0.3, 0.4) is 0 Å². The number of unbranched alkanes of at least 4 members (excludes halogenated alkanes) is 1. The summed E-state index contributed by atoms with van der Waals surface area (Å²) >= 11 is 0. The van der Waals surface area contributed by atoms with Gasteiger partial charge in [-0.2, -0.15) is 0 Å². The fourth-order valence-corrected chi connectivity index (χ4v) is 2.83. The van der Waals surface area contributed by atoms with Crippen LogP contribution in [0.25, 0.3) is 0 Å². The highest BCUT2D eigenvalue weighted by atomic mass is 19.1. The SMILES string of the molecule is CCCCn1c(N)c(N(CCC(C)C)C(=O)c2ccc(F)cc2)c(=O)[nH]c1=O. The van der Waals surface area contributed by atoms with Gasteiger partial charge in [-0.05, 0) is 43.0 Å². The van der Waals surface area contributed by atoms with Gasteiger partial charge in [0.1, 0.15) is 11.6 Å². The van der Waals surface area contributed by atoms with Crippen LogP contribution < -0.4 is 21.9 Å². The monoisotopic (exact) mass is 390 g/mol. The third-order valence-corrected chi connectivity index (χ3v) is 4.49. The molecule has 0 saturated heterocycles. The Morgan fingerprint density at radius 1 is 1.25 bits per heavy atom. The number of nitrogens with zero attached hydrogens (tertiary/aromatic N) is 2. The molecular weight excluding hydrogens is 363 g/mol. The van der Waals surface area contributed by atoms with Gasteiger partial charge < -0.3 is 10.6 Å². The van der Waals surface area contributed by atoms with E-state index in [1.54, 1.807) is 0 Å². The van der Waals surface area contributed by atoms with Gasteiger partial charge in [0.05, 0.1) is 0 Å². The van der Waals surface area contributed by atoms with Crippen molar-refractivity contribution in [1.29, 1.82) is 0 Å². The van der Waals surface area contributed by atoms with Crippen LogP contribution >= 0.6 is 0 Å². The van der Waals surface area contributed by atoms with Gasteiger partial charge in [-0.3, -0.25) is 19.1 Å². The number of nitrogens with two attached hydrogens (primary N) is 1. The van der Waals surface area contributed by atoms with Gasteiger partial charge in [-0.25, -0.2) is 9.18 Å². The molecule has 0 unspecified atom stereocenters. The fourth-order valence-electron chi connectivity index (χ4n) is 2.83. The molecule has 0 fully saturated rings. The van der Waals surface area contributed by atoms with Crippen LogP contribution in [0.4, 0.5) is 15.9 Å².